The molecule has 2 unspecified atom stereocenters. The topological polar surface area (TPSA) is 90.2 Å². The number of hydrogen-bond donors (Lipinski definition) is 3. The quantitative estimate of drug-likeness (QED) is 0.393. The maximum Gasteiger partial charge on any atom is 0.371 e. The molecule has 3 N–H and O–H groups in total. The third kappa shape index (κ3) is 5.00. The number of carbonyl (C=O) groups is 1. The Hall–Kier alpha value is -1.89. The number of rotatable bonds is 7. The number of aliphatic carboxylic acids is 1. The van der Waals surface area contributed by atoms with Gasteiger partial charge in [-0.3, -0.25) is 0 Å². The highest BCUT2D eigenvalue weighted by molar-refractivity contribution is 5.89. The number of ether oxygens (including phenoxy) is 1. The van der Waals surface area contributed by atoms with E-state index in [1.54, 1.807) is 24.3 Å². The molecule has 0 spiro atoms. The number of nitrogens with zero attached hydrogens (tertiary/aromatic N) is 1. The van der Waals surface area contributed by atoms with Crippen LogP contribution in [0.15, 0.2) is 36.1 Å². The Morgan fingerprint density at radius 1 is 1.25 bits per heavy atom. The van der Waals surface area contributed by atoms with Gasteiger partial charge in [0.2, 0.25) is 5.76 Å². The van der Waals surface area contributed by atoms with Gasteiger partial charge in [0, 0.05) is 0 Å². The third-order valence-electron chi connectivity index (χ3n) is 2.64. The normalized spacial score (nSPS) is 14.9. The van der Waals surface area contributed by atoms with Crippen molar-refractivity contribution in [1.29, 1.82) is 0 Å². The Balaban J connectivity index is 2.79. The Morgan fingerprint density at radius 3 is 2.25 bits per heavy atom. The van der Waals surface area contributed by atoms with Crippen LogP contribution in [0.5, 0.6) is 0 Å². The van der Waals surface area contributed by atoms with Crippen molar-refractivity contribution < 1.29 is 24.9 Å². The van der Waals surface area contributed by atoms with Gasteiger partial charge in [-0.05, 0) is 25.5 Å². The SMILES string of the molecule is CC(O)N(COC(=Cc1ccccc1)C(=O)O)C(C)O. The van der Waals surface area contributed by atoms with Crippen LogP contribution >= 0.6 is 0 Å². The zero-order chi connectivity index (χ0) is 15.1. The van der Waals surface area contributed by atoms with Crippen molar-refractivity contribution in [2.24, 2.45) is 0 Å². The molecule has 0 aromatic heterocycles. The first-order chi connectivity index (χ1) is 9.41. The van der Waals surface area contributed by atoms with E-state index in [0.717, 1.165) is 0 Å². The van der Waals surface area contributed by atoms with Crippen LogP contribution in [-0.2, 0) is 9.53 Å². The third-order valence-corrected chi connectivity index (χ3v) is 2.64. The lowest BCUT2D eigenvalue weighted by atomic mass is 10.2. The second-order valence-electron chi connectivity index (χ2n) is 4.28. The molecule has 6 heteroatoms. The molecule has 0 radical (unpaired) electrons. The van der Waals surface area contributed by atoms with Crippen LogP contribution in [0.4, 0.5) is 0 Å². The van der Waals surface area contributed by atoms with Crippen LogP contribution in [0.2, 0.25) is 0 Å². The van der Waals surface area contributed by atoms with Crippen molar-refractivity contribution in [1.82, 2.24) is 4.90 Å². The fraction of sp³-hybridized carbons (Fsp3) is 0.357. The Bertz CT molecular complexity index is 448. The highest BCUT2D eigenvalue weighted by Crippen LogP contribution is 2.10. The highest BCUT2D eigenvalue weighted by atomic mass is 16.5. The van der Waals surface area contributed by atoms with E-state index in [4.69, 9.17) is 9.84 Å². The summed E-state index contributed by atoms with van der Waals surface area (Å²) in [4.78, 5) is 12.3. The van der Waals surface area contributed by atoms with Gasteiger partial charge in [0.15, 0.2) is 0 Å². The molecule has 0 aliphatic carbocycles. The number of hydrogen-bond acceptors (Lipinski definition) is 5. The maximum atomic E-state index is 11.1. The van der Waals surface area contributed by atoms with Gasteiger partial charge in [-0.1, -0.05) is 30.3 Å². The van der Waals surface area contributed by atoms with Crippen molar-refractivity contribution in [2.75, 3.05) is 6.73 Å². The van der Waals surface area contributed by atoms with Crippen molar-refractivity contribution in [3.8, 4) is 0 Å². The highest BCUT2D eigenvalue weighted by Gasteiger charge is 2.18. The molecule has 0 bridgehead atoms. The number of benzene rings is 1. The fourth-order valence-corrected chi connectivity index (χ4v) is 1.54. The largest absolute Gasteiger partial charge is 0.475 e. The summed E-state index contributed by atoms with van der Waals surface area (Å²) in [5, 5.41) is 28.0. The second-order valence-corrected chi connectivity index (χ2v) is 4.28. The van der Waals surface area contributed by atoms with Crippen LogP contribution in [0.25, 0.3) is 6.08 Å². The van der Waals surface area contributed by atoms with Crippen molar-refractivity contribution in [3.05, 3.63) is 41.7 Å². The molecule has 0 heterocycles. The first-order valence-corrected chi connectivity index (χ1v) is 6.16. The molecular weight excluding hydrogens is 262 g/mol. The summed E-state index contributed by atoms with van der Waals surface area (Å²) in [7, 11) is 0. The van der Waals surface area contributed by atoms with Crippen LogP contribution in [-0.4, -0.2) is 45.4 Å². The molecule has 6 nitrogen and oxygen atoms in total. The van der Waals surface area contributed by atoms with Crippen LogP contribution in [0.3, 0.4) is 0 Å². The van der Waals surface area contributed by atoms with Gasteiger partial charge in [0.05, 0.1) is 0 Å². The van der Waals surface area contributed by atoms with E-state index in [0.29, 0.717) is 5.56 Å². The molecule has 0 aliphatic heterocycles. The van der Waals surface area contributed by atoms with Crippen LogP contribution in [0.1, 0.15) is 19.4 Å². The minimum atomic E-state index is -1.22. The van der Waals surface area contributed by atoms with Crippen molar-refractivity contribution >= 4 is 12.0 Å². The molecule has 0 saturated carbocycles. The predicted molar refractivity (Wildman–Crippen MR) is 73.2 cm³/mol. The zero-order valence-electron chi connectivity index (χ0n) is 11.4. The molecule has 1 rings (SSSR count). The molecule has 0 amide bonds. The van der Waals surface area contributed by atoms with E-state index in [1.165, 1.54) is 24.8 Å². The lowest BCUT2D eigenvalue weighted by Gasteiger charge is -2.27. The average Bonchev–Trinajstić information content (AvgIpc) is 2.37. The van der Waals surface area contributed by atoms with E-state index >= 15 is 0 Å². The lowest BCUT2D eigenvalue weighted by Crippen LogP contribution is -2.41. The van der Waals surface area contributed by atoms with E-state index in [9.17, 15) is 15.0 Å². The molecular formula is C14H19NO5. The minimum Gasteiger partial charge on any atom is -0.475 e. The van der Waals surface area contributed by atoms with Crippen LogP contribution in [0, 0.1) is 0 Å². The molecule has 0 fully saturated rings. The molecule has 0 saturated heterocycles. The van der Waals surface area contributed by atoms with E-state index in [-0.39, 0.29) is 12.5 Å². The van der Waals surface area contributed by atoms with Gasteiger partial charge in [-0.15, -0.1) is 0 Å². The Labute approximate surface area is 117 Å². The molecule has 20 heavy (non-hydrogen) atoms. The van der Waals surface area contributed by atoms with Crippen molar-refractivity contribution in [3.63, 3.8) is 0 Å². The fourth-order valence-electron chi connectivity index (χ4n) is 1.54. The van der Waals surface area contributed by atoms with Gasteiger partial charge in [-0.25, -0.2) is 9.69 Å². The Morgan fingerprint density at radius 2 is 1.80 bits per heavy atom. The smallest absolute Gasteiger partial charge is 0.371 e. The number of aliphatic hydroxyl groups is 2. The average molecular weight is 281 g/mol. The van der Waals surface area contributed by atoms with Gasteiger partial charge < -0.3 is 20.1 Å². The standard InChI is InChI=1S/C14H19NO5/c1-10(16)15(11(2)17)9-20-13(14(18)19)8-12-6-4-3-5-7-12/h3-8,10-11,16-17H,9H2,1-2H3,(H,18,19). The van der Waals surface area contributed by atoms with E-state index in [1.807, 2.05) is 6.07 Å². The van der Waals surface area contributed by atoms with E-state index < -0.39 is 18.4 Å². The Kier molecular flexibility index (Phi) is 6.17. The van der Waals surface area contributed by atoms with Crippen LogP contribution < -0.4 is 0 Å². The van der Waals surface area contributed by atoms with Crippen molar-refractivity contribution in [2.45, 2.75) is 26.3 Å². The monoisotopic (exact) mass is 281 g/mol. The summed E-state index contributed by atoms with van der Waals surface area (Å²) in [5.41, 5.74) is 0.686. The van der Waals surface area contributed by atoms with E-state index in [2.05, 4.69) is 0 Å². The molecule has 0 aliphatic rings. The number of aliphatic hydroxyl groups excluding tert-OH is 2. The maximum absolute atomic E-state index is 11.1. The number of carboxylic acid groups (broad SMARTS) is 1. The summed E-state index contributed by atoms with van der Waals surface area (Å²) in [6.45, 7) is 2.68. The molecule has 110 valence electrons. The van der Waals surface area contributed by atoms with Gasteiger partial charge >= 0.3 is 5.97 Å². The summed E-state index contributed by atoms with van der Waals surface area (Å²) in [5.74, 6) is -1.48. The summed E-state index contributed by atoms with van der Waals surface area (Å²) < 4.78 is 5.16. The lowest BCUT2D eigenvalue weighted by molar-refractivity contribution is -0.147. The van der Waals surface area contributed by atoms with Gasteiger partial charge in [0.1, 0.15) is 19.2 Å². The summed E-state index contributed by atoms with van der Waals surface area (Å²) >= 11 is 0. The predicted octanol–water partition coefficient (Wildman–Crippen LogP) is 1.06. The minimum absolute atomic E-state index is 0.236. The van der Waals surface area contributed by atoms with Gasteiger partial charge in [0.25, 0.3) is 0 Å². The van der Waals surface area contributed by atoms with Gasteiger partial charge in [-0.2, -0.15) is 0 Å². The first kappa shape index (κ1) is 16.2. The summed E-state index contributed by atoms with van der Waals surface area (Å²) in [6.07, 6.45) is -0.534. The molecule has 1 aromatic rings. The first-order valence-electron chi connectivity index (χ1n) is 6.16. The molecule has 1 aromatic carbocycles. The number of carboxylic acids is 1. The zero-order valence-corrected chi connectivity index (χ0v) is 11.4. The summed E-state index contributed by atoms with van der Waals surface area (Å²) in [6, 6.07) is 8.87. The second kappa shape index (κ2) is 7.64. The molecule has 2 atom stereocenters.